The summed E-state index contributed by atoms with van der Waals surface area (Å²) >= 11 is 3.53. The highest BCUT2D eigenvalue weighted by Crippen LogP contribution is 2.30. The highest BCUT2D eigenvalue weighted by Gasteiger charge is 2.19. The summed E-state index contributed by atoms with van der Waals surface area (Å²) in [5, 5.41) is 3.50. The summed E-state index contributed by atoms with van der Waals surface area (Å²) < 4.78 is 12.2. The number of halogens is 1. The van der Waals surface area contributed by atoms with Crippen LogP contribution in [0.4, 0.5) is 0 Å². The van der Waals surface area contributed by atoms with Gasteiger partial charge < -0.3 is 14.8 Å². The predicted molar refractivity (Wildman–Crippen MR) is 87.7 cm³/mol. The first kappa shape index (κ1) is 17.3. The molecule has 1 aromatic carbocycles. The molecule has 0 aliphatic carbocycles. The van der Waals surface area contributed by atoms with Gasteiger partial charge >= 0.3 is 0 Å². The molecule has 0 heterocycles. The fourth-order valence-electron chi connectivity index (χ4n) is 1.69. The largest absolute Gasteiger partial charge is 0.497 e. The second-order valence-corrected chi connectivity index (χ2v) is 7.18. The van der Waals surface area contributed by atoms with Crippen LogP contribution >= 0.6 is 15.9 Å². The van der Waals surface area contributed by atoms with Gasteiger partial charge in [-0.3, -0.25) is 0 Å². The van der Waals surface area contributed by atoms with Crippen molar-refractivity contribution in [3.63, 3.8) is 0 Å². The van der Waals surface area contributed by atoms with Crippen molar-refractivity contribution in [2.45, 2.75) is 46.3 Å². The van der Waals surface area contributed by atoms with E-state index in [9.17, 15) is 0 Å². The fourth-order valence-corrected chi connectivity index (χ4v) is 2.14. The normalized spacial score (nSPS) is 13.4. The van der Waals surface area contributed by atoms with Crippen LogP contribution < -0.4 is 14.8 Å². The van der Waals surface area contributed by atoms with E-state index in [0.717, 1.165) is 22.5 Å². The van der Waals surface area contributed by atoms with Crippen molar-refractivity contribution >= 4 is 15.9 Å². The van der Waals surface area contributed by atoms with Crippen molar-refractivity contribution in [3.8, 4) is 11.5 Å². The zero-order chi connectivity index (χ0) is 15.3. The van der Waals surface area contributed by atoms with Crippen molar-refractivity contribution in [1.82, 2.24) is 5.32 Å². The first-order valence-corrected chi connectivity index (χ1v) is 7.77. The molecule has 0 radical (unpaired) electrons. The molecule has 0 saturated carbocycles. The number of hydrogen-bond donors (Lipinski definition) is 1. The lowest BCUT2D eigenvalue weighted by molar-refractivity contribution is 0.138. The van der Waals surface area contributed by atoms with Crippen LogP contribution in [0.1, 0.15) is 34.6 Å². The van der Waals surface area contributed by atoms with E-state index in [1.54, 1.807) is 7.11 Å². The molecule has 1 atom stereocenters. The van der Waals surface area contributed by atoms with Crippen molar-refractivity contribution in [3.05, 3.63) is 22.7 Å². The molecule has 0 spiro atoms. The van der Waals surface area contributed by atoms with E-state index in [-0.39, 0.29) is 11.6 Å². The van der Waals surface area contributed by atoms with Crippen molar-refractivity contribution in [2.75, 3.05) is 13.7 Å². The van der Waals surface area contributed by atoms with Crippen molar-refractivity contribution < 1.29 is 9.47 Å². The van der Waals surface area contributed by atoms with Crippen LogP contribution in [0.15, 0.2) is 22.7 Å². The summed E-state index contributed by atoms with van der Waals surface area (Å²) in [5.41, 5.74) is 0.0909. The Balaban J connectivity index is 2.75. The van der Waals surface area contributed by atoms with E-state index in [2.05, 4.69) is 55.9 Å². The van der Waals surface area contributed by atoms with Crippen LogP contribution in [-0.4, -0.2) is 25.3 Å². The second kappa shape index (κ2) is 7.32. The SMILES string of the molecule is COc1ccc(OC(CNC(C)(C)C)C(C)C)c(Br)c1. The van der Waals surface area contributed by atoms with E-state index in [0.29, 0.717) is 5.92 Å². The molecule has 3 nitrogen and oxygen atoms in total. The zero-order valence-corrected chi connectivity index (χ0v) is 14.9. The van der Waals surface area contributed by atoms with Crippen LogP contribution in [0, 0.1) is 5.92 Å². The molecule has 0 aliphatic heterocycles. The maximum absolute atomic E-state index is 6.14. The molecule has 0 aliphatic rings. The predicted octanol–water partition coefficient (Wildman–Crippen LogP) is 4.25. The van der Waals surface area contributed by atoms with Gasteiger partial charge in [0.15, 0.2) is 0 Å². The Morgan fingerprint density at radius 3 is 2.35 bits per heavy atom. The van der Waals surface area contributed by atoms with Gasteiger partial charge in [-0.15, -0.1) is 0 Å². The monoisotopic (exact) mass is 343 g/mol. The highest BCUT2D eigenvalue weighted by atomic mass is 79.9. The van der Waals surface area contributed by atoms with E-state index in [1.165, 1.54) is 0 Å². The Morgan fingerprint density at radius 1 is 1.25 bits per heavy atom. The van der Waals surface area contributed by atoms with E-state index < -0.39 is 0 Å². The summed E-state index contributed by atoms with van der Waals surface area (Å²) in [6.07, 6.45) is 0.124. The van der Waals surface area contributed by atoms with Crippen molar-refractivity contribution in [2.24, 2.45) is 5.92 Å². The van der Waals surface area contributed by atoms with Crippen LogP contribution in [-0.2, 0) is 0 Å². The lowest BCUT2D eigenvalue weighted by Crippen LogP contribution is -2.44. The molecular weight excluding hydrogens is 318 g/mol. The Bertz CT molecular complexity index is 427. The minimum Gasteiger partial charge on any atom is -0.497 e. The van der Waals surface area contributed by atoms with Gasteiger partial charge in [-0.2, -0.15) is 0 Å². The molecule has 1 aromatic rings. The highest BCUT2D eigenvalue weighted by molar-refractivity contribution is 9.10. The van der Waals surface area contributed by atoms with Crippen molar-refractivity contribution in [1.29, 1.82) is 0 Å². The number of methoxy groups -OCH3 is 1. The van der Waals surface area contributed by atoms with Gasteiger partial charge in [0.2, 0.25) is 0 Å². The molecule has 1 rings (SSSR count). The van der Waals surface area contributed by atoms with Crippen LogP contribution in [0.25, 0.3) is 0 Å². The minimum absolute atomic E-state index is 0.0909. The average molecular weight is 344 g/mol. The van der Waals surface area contributed by atoms with Gasteiger partial charge in [-0.1, -0.05) is 13.8 Å². The molecule has 114 valence electrons. The Labute approximate surface area is 131 Å². The number of nitrogens with one attached hydrogen (secondary N) is 1. The summed E-state index contributed by atoms with van der Waals surface area (Å²) in [5.74, 6) is 2.09. The summed E-state index contributed by atoms with van der Waals surface area (Å²) in [7, 11) is 1.66. The van der Waals surface area contributed by atoms with E-state index >= 15 is 0 Å². The molecule has 4 heteroatoms. The molecule has 0 aromatic heterocycles. The Hall–Kier alpha value is -0.740. The quantitative estimate of drug-likeness (QED) is 0.837. The summed E-state index contributed by atoms with van der Waals surface area (Å²) in [4.78, 5) is 0. The van der Waals surface area contributed by atoms with Gasteiger partial charge in [0.25, 0.3) is 0 Å². The maximum Gasteiger partial charge on any atom is 0.134 e. The van der Waals surface area contributed by atoms with Gasteiger partial charge in [-0.25, -0.2) is 0 Å². The molecule has 1 unspecified atom stereocenters. The standard InChI is InChI=1S/C16H26BrNO2/c1-11(2)15(10-18-16(3,4)5)20-14-8-7-12(19-6)9-13(14)17/h7-9,11,15,18H,10H2,1-6H3. The fraction of sp³-hybridized carbons (Fsp3) is 0.625. The molecular formula is C16H26BrNO2. The molecule has 0 fully saturated rings. The smallest absolute Gasteiger partial charge is 0.134 e. The van der Waals surface area contributed by atoms with Crippen LogP contribution in [0.2, 0.25) is 0 Å². The lowest BCUT2D eigenvalue weighted by Gasteiger charge is -2.28. The topological polar surface area (TPSA) is 30.5 Å². The second-order valence-electron chi connectivity index (χ2n) is 6.33. The van der Waals surface area contributed by atoms with Crippen LogP contribution in [0.3, 0.4) is 0 Å². The molecule has 1 N–H and O–H groups in total. The number of benzene rings is 1. The maximum atomic E-state index is 6.14. The van der Waals surface area contributed by atoms with Gasteiger partial charge in [0, 0.05) is 12.1 Å². The number of hydrogen-bond acceptors (Lipinski definition) is 3. The molecule has 0 saturated heterocycles. The van der Waals surface area contributed by atoms with Crippen LogP contribution in [0.5, 0.6) is 11.5 Å². The third-order valence-corrected chi connectivity index (χ3v) is 3.61. The Kier molecular flexibility index (Phi) is 6.34. The van der Waals surface area contributed by atoms with E-state index in [4.69, 9.17) is 9.47 Å². The first-order valence-electron chi connectivity index (χ1n) is 6.98. The number of rotatable bonds is 6. The summed E-state index contributed by atoms with van der Waals surface area (Å²) in [6.45, 7) is 11.6. The van der Waals surface area contributed by atoms with E-state index in [1.807, 2.05) is 18.2 Å². The Morgan fingerprint density at radius 2 is 1.90 bits per heavy atom. The number of ether oxygens (including phenoxy) is 2. The minimum atomic E-state index is 0.0909. The molecule has 20 heavy (non-hydrogen) atoms. The lowest BCUT2D eigenvalue weighted by atomic mass is 10.0. The molecule has 0 amide bonds. The molecule has 0 bridgehead atoms. The third-order valence-electron chi connectivity index (χ3n) is 2.99. The van der Waals surface area contributed by atoms with Gasteiger partial charge in [0.1, 0.15) is 17.6 Å². The average Bonchev–Trinajstić information content (AvgIpc) is 2.34. The van der Waals surface area contributed by atoms with Gasteiger partial charge in [-0.05, 0) is 60.8 Å². The third kappa shape index (κ3) is 5.71. The zero-order valence-electron chi connectivity index (χ0n) is 13.3. The first-order chi connectivity index (χ1) is 9.23. The summed E-state index contributed by atoms with van der Waals surface area (Å²) in [6, 6.07) is 5.77. The van der Waals surface area contributed by atoms with Gasteiger partial charge in [0.05, 0.1) is 11.6 Å².